The Hall–Kier alpha value is -1.13. The fourth-order valence-electron chi connectivity index (χ4n) is 1.59. The van der Waals surface area contributed by atoms with Crippen LogP contribution in [0.25, 0.3) is 0 Å². The first-order valence-corrected chi connectivity index (χ1v) is 5.55. The molecular weight excluding hydrogens is 280 g/mol. The molecule has 94 valence electrons. The van der Waals surface area contributed by atoms with Gasteiger partial charge in [0.25, 0.3) is 0 Å². The first-order valence-electron chi connectivity index (χ1n) is 5.55. The smallest absolute Gasteiger partial charge is 0.243 e. The van der Waals surface area contributed by atoms with Crippen LogP contribution in [0.1, 0.15) is 24.4 Å². The van der Waals surface area contributed by atoms with E-state index < -0.39 is 0 Å². The van der Waals surface area contributed by atoms with Gasteiger partial charge in [0.2, 0.25) is 5.91 Å². The van der Waals surface area contributed by atoms with Crippen LogP contribution in [0.4, 0.5) is 0 Å². The summed E-state index contributed by atoms with van der Waals surface area (Å²) in [6.45, 7) is 4.35. The predicted octanol–water partition coefficient (Wildman–Crippen LogP) is -1.94. The van der Waals surface area contributed by atoms with Crippen LogP contribution in [0.15, 0.2) is 43.0 Å². The quantitative estimate of drug-likeness (QED) is 0.590. The van der Waals surface area contributed by atoms with Gasteiger partial charge in [-0.3, -0.25) is 4.79 Å². The third-order valence-electron chi connectivity index (χ3n) is 2.45. The largest absolute Gasteiger partial charge is 1.00 e. The molecule has 0 spiro atoms. The monoisotopic (exact) mass is 298 g/mol. The van der Waals surface area contributed by atoms with Crippen LogP contribution in [0.2, 0.25) is 0 Å². The fourth-order valence-corrected chi connectivity index (χ4v) is 1.59. The van der Waals surface area contributed by atoms with Crippen LogP contribution in [0, 0.1) is 0 Å². The number of hydrogen-bond donors (Lipinski definition) is 2. The Morgan fingerprint density at radius 3 is 2.59 bits per heavy atom. The average Bonchev–Trinajstić information content (AvgIpc) is 2.35. The van der Waals surface area contributed by atoms with Crippen molar-refractivity contribution in [2.75, 3.05) is 6.54 Å². The van der Waals surface area contributed by atoms with E-state index in [1.807, 2.05) is 30.3 Å². The first kappa shape index (κ1) is 15.9. The van der Waals surface area contributed by atoms with Gasteiger partial charge < -0.3 is 28.0 Å². The second-order valence-electron chi connectivity index (χ2n) is 3.67. The van der Waals surface area contributed by atoms with Crippen LogP contribution in [0.3, 0.4) is 0 Å². The number of amides is 1. The molecule has 0 bridgehead atoms. The number of rotatable bonds is 6. The number of quaternary nitrogens is 1. The zero-order valence-corrected chi connectivity index (χ0v) is 11.4. The SMILES string of the molecule is C=CC(=O)NC(CCC[NH3+])c1ccccc1.[Br-]. The molecule has 17 heavy (non-hydrogen) atoms. The van der Waals surface area contributed by atoms with E-state index in [0.717, 1.165) is 24.9 Å². The summed E-state index contributed by atoms with van der Waals surface area (Å²) in [7, 11) is 0. The third kappa shape index (κ3) is 5.65. The van der Waals surface area contributed by atoms with E-state index >= 15 is 0 Å². The highest BCUT2D eigenvalue weighted by molar-refractivity contribution is 5.87. The Balaban J connectivity index is 0.00000256. The molecule has 1 unspecified atom stereocenters. The average molecular weight is 299 g/mol. The highest BCUT2D eigenvalue weighted by Crippen LogP contribution is 2.17. The molecule has 1 rings (SSSR count). The molecule has 0 aliphatic heterocycles. The van der Waals surface area contributed by atoms with Gasteiger partial charge >= 0.3 is 0 Å². The number of carbonyl (C=O) groups excluding carboxylic acids is 1. The number of benzene rings is 1. The summed E-state index contributed by atoms with van der Waals surface area (Å²) in [6, 6.07) is 10.0. The molecule has 1 atom stereocenters. The molecule has 1 amide bonds. The van der Waals surface area contributed by atoms with Crippen LogP contribution < -0.4 is 28.0 Å². The molecule has 0 saturated carbocycles. The molecule has 1 aromatic rings. The van der Waals surface area contributed by atoms with E-state index in [9.17, 15) is 4.79 Å². The van der Waals surface area contributed by atoms with Gasteiger partial charge in [-0.05, 0) is 24.5 Å². The lowest BCUT2D eigenvalue weighted by Crippen LogP contribution is -3.00. The van der Waals surface area contributed by atoms with Gasteiger partial charge in [0, 0.05) is 0 Å². The minimum absolute atomic E-state index is 0. The van der Waals surface area contributed by atoms with Crippen molar-refractivity contribution in [3.63, 3.8) is 0 Å². The Morgan fingerprint density at radius 1 is 1.41 bits per heavy atom. The fraction of sp³-hybridized carbons (Fsp3) is 0.308. The van der Waals surface area contributed by atoms with Crippen molar-refractivity contribution >= 4 is 5.91 Å². The van der Waals surface area contributed by atoms with Crippen molar-refractivity contribution in [1.82, 2.24) is 5.32 Å². The van der Waals surface area contributed by atoms with Crippen molar-refractivity contribution in [3.05, 3.63) is 48.6 Å². The van der Waals surface area contributed by atoms with Gasteiger partial charge in [0.15, 0.2) is 0 Å². The highest BCUT2D eigenvalue weighted by Gasteiger charge is 2.12. The Morgan fingerprint density at radius 2 is 2.06 bits per heavy atom. The summed E-state index contributed by atoms with van der Waals surface area (Å²) >= 11 is 0. The minimum atomic E-state index is -0.127. The van der Waals surface area contributed by atoms with E-state index in [2.05, 4.69) is 17.6 Å². The van der Waals surface area contributed by atoms with Crippen LogP contribution in [-0.2, 0) is 4.79 Å². The molecule has 0 aliphatic rings. The molecule has 4 N–H and O–H groups in total. The zero-order chi connectivity index (χ0) is 11.8. The summed E-state index contributed by atoms with van der Waals surface area (Å²) in [4.78, 5) is 11.3. The van der Waals surface area contributed by atoms with Crippen LogP contribution in [0.5, 0.6) is 0 Å². The minimum Gasteiger partial charge on any atom is -1.00 e. The van der Waals surface area contributed by atoms with Crippen molar-refractivity contribution in [3.8, 4) is 0 Å². The maximum absolute atomic E-state index is 11.3. The van der Waals surface area contributed by atoms with Gasteiger partial charge in [0.05, 0.1) is 12.6 Å². The maximum Gasteiger partial charge on any atom is 0.243 e. The number of hydrogen-bond acceptors (Lipinski definition) is 1. The first-order chi connectivity index (χ1) is 7.77. The summed E-state index contributed by atoms with van der Waals surface area (Å²) in [6.07, 6.45) is 3.21. The summed E-state index contributed by atoms with van der Waals surface area (Å²) in [5.41, 5.74) is 4.95. The van der Waals surface area contributed by atoms with Crippen molar-refractivity contribution in [2.24, 2.45) is 0 Å². The lowest BCUT2D eigenvalue weighted by molar-refractivity contribution is -0.368. The summed E-state index contributed by atoms with van der Waals surface area (Å²) < 4.78 is 0. The van der Waals surface area contributed by atoms with Crippen LogP contribution in [-0.4, -0.2) is 12.5 Å². The van der Waals surface area contributed by atoms with Crippen molar-refractivity contribution in [2.45, 2.75) is 18.9 Å². The van der Waals surface area contributed by atoms with Crippen molar-refractivity contribution in [1.29, 1.82) is 0 Å². The van der Waals surface area contributed by atoms with E-state index in [-0.39, 0.29) is 28.9 Å². The molecule has 0 aliphatic carbocycles. The van der Waals surface area contributed by atoms with Gasteiger partial charge in [-0.1, -0.05) is 36.9 Å². The van der Waals surface area contributed by atoms with E-state index in [4.69, 9.17) is 0 Å². The second kappa shape index (κ2) is 8.96. The highest BCUT2D eigenvalue weighted by atomic mass is 79.9. The Bertz CT molecular complexity index is 341. The molecule has 0 heterocycles. The molecule has 0 radical (unpaired) electrons. The van der Waals surface area contributed by atoms with E-state index in [1.165, 1.54) is 6.08 Å². The molecule has 0 saturated heterocycles. The van der Waals surface area contributed by atoms with Gasteiger partial charge in [-0.15, -0.1) is 0 Å². The zero-order valence-electron chi connectivity index (χ0n) is 9.86. The lowest BCUT2D eigenvalue weighted by atomic mass is 10.0. The molecule has 0 aromatic heterocycles. The second-order valence-corrected chi connectivity index (χ2v) is 3.67. The van der Waals surface area contributed by atoms with E-state index in [1.54, 1.807) is 0 Å². The molecule has 4 heteroatoms. The van der Waals surface area contributed by atoms with Gasteiger partial charge in [-0.2, -0.15) is 0 Å². The Kier molecular flexibility index (Phi) is 8.36. The molecule has 3 nitrogen and oxygen atoms in total. The van der Waals surface area contributed by atoms with Gasteiger partial charge in [0.1, 0.15) is 0 Å². The van der Waals surface area contributed by atoms with Gasteiger partial charge in [-0.25, -0.2) is 0 Å². The predicted molar refractivity (Wildman–Crippen MR) is 64.5 cm³/mol. The number of carbonyl (C=O) groups is 1. The van der Waals surface area contributed by atoms with Crippen molar-refractivity contribution < 1.29 is 27.5 Å². The normalized spacial score (nSPS) is 11.1. The van der Waals surface area contributed by atoms with E-state index in [0.29, 0.717) is 0 Å². The topological polar surface area (TPSA) is 56.7 Å². The molecule has 1 aromatic carbocycles. The summed E-state index contributed by atoms with van der Waals surface area (Å²) in [5, 5.41) is 2.93. The maximum atomic E-state index is 11.3. The molecular formula is C13H19BrN2O. The number of halogens is 1. The lowest BCUT2D eigenvalue weighted by Gasteiger charge is -2.17. The summed E-state index contributed by atoms with van der Waals surface area (Å²) in [5.74, 6) is -0.127. The molecule has 0 fully saturated rings. The Labute approximate surface area is 113 Å². The standard InChI is InChI=1S/C13H18N2O.BrH/c1-2-13(16)15-12(9-6-10-14)11-7-4-3-5-8-11;/h2-5,7-8,12H,1,6,9-10,14H2,(H,15,16);1H. The third-order valence-corrected chi connectivity index (χ3v) is 2.45. The number of nitrogens with one attached hydrogen (secondary N) is 1. The van der Waals surface area contributed by atoms with Crippen LogP contribution >= 0.6 is 0 Å².